The predicted molar refractivity (Wildman–Crippen MR) is 108 cm³/mol. The second-order valence-electron chi connectivity index (χ2n) is 9.01. The molecule has 0 heterocycles. The summed E-state index contributed by atoms with van der Waals surface area (Å²) in [5, 5.41) is 10.2. The molecule has 1 aromatic carbocycles. The van der Waals surface area contributed by atoms with Crippen molar-refractivity contribution in [3.05, 3.63) is 28.8 Å². The SMILES string of the molecule is Cc1cc2c(cc1OS(N)(=O)=O)CC[C@@H]1[C@@H]2CC[C@]2(C)C(OS(N)(=O)=O)CC[C@@H]12. The van der Waals surface area contributed by atoms with Crippen LogP contribution >= 0.6 is 0 Å². The second-order valence-corrected chi connectivity index (χ2v) is 11.3. The first-order chi connectivity index (χ1) is 13.4. The molecule has 5 atom stereocenters. The molecule has 2 saturated carbocycles. The van der Waals surface area contributed by atoms with Crippen LogP contribution < -0.4 is 14.5 Å². The van der Waals surface area contributed by atoms with Crippen LogP contribution in [0.4, 0.5) is 0 Å². The second kappa shape index (κ2) is 6.91. The number of fused-ring (bicyclic) bond motifs is 5. The van der Waals surface area contributed by atoms with E-state index in [2.05, 4.69) is 6.92 Å². The lowest BCUT2D eigenvalue weighted by atomic mass is 9.55. The van der Waals surface area contributed by atoms with Gasteiger partial charge in [0.15, 0.2) is 0 Å². The Morgan fingerprint density at radius 2 is 1.76 bits per heavy atom. The van der Waals surface area contributed by atoms with Crippen LogP contribution in [0, 0.1) is 24.2 Å². The zero-order valence-corrected chi connectivity index (χ0v) is 18.3. The van der Waals surface area contributed by atoms with Crippen molar-refractivity contribution >= 4 is 20.6 Å². The topological polar surface area (TPSA) is 139 Å². The minimum Gasteiger partial charge on any atom is -0.371 e. The van der Waals surface area contributed by atoms with Gasteiger partial charge in [-0.25, -0.2) is 5.14 Å². The Hall–Kier alpha value is -1.20. The summed E-state index contributed by atoms with van der Waals surface area (Å²) in [4.78, 5) is 0. The molecule has 0 saturated heterocycles. The summed E-state index contributed by atoms with van der Waals surface area (Å²) in [6, 6.07) is 3.84. The predicted octanol–water partition coefficient (Wildman–Crippen LogP) is 2.02. The first-order valence-corrected chi connectivity index (χ1v) is 12.9. The quantitative estimate of drug-likeness (QED) is 0.728. The molecule has 3 aliphatic carbocycles. The van der Waals surface area contributed by atoms with E-state index >= 15 is 0 Å². The normalized spacial score (nSPS) is 34.2. The van der Waals surface area contributed by atoms with E-state index < -0.39 is 20.6 Å². The summed E-state index contributed by atoms with van der Waals surface area (Å²) >= 11 is 0. The van der Waals surface area contributed by atoms with Gasteiger partial charge in [0.05, 0.1) is 6.10 Å². The zero-order chi connectivity index (χ0) is 21.2. The molecule has 0 spiro atoms. The largest absolute Gasteiger partial charge is 0.380 e. The fourth-order valence-electron chi connectivity index (χ4n) is 6.20. The highest BCUT2D eigenvalue weighted by molar-refractivity contribution is 7.84. The lowest BCUT2D eigenvalue weighted by Crippen LogP contribution is -2.45. The van der Waals surface area contributed by atoms with Crippen molar-refractivity contribution in [1.82, 2.24) is 0 Å². The highest BCUT2D eigenvalue weighted by atomic mass is 32.2. The van der Waals surface area contributed by atoms with Gasteiger partial charge in [-0.2, -0.15) is 22.0 Å². The van der Waals surface area contributed by atoms with Gasteiger partial charge in [0.25, 0.3) is 0 Å². The summed E-state index contributed by atoms with van der Waals surface area (Å²) < 4.78 is 55.9. The Labute approximate surface area is 172 Å². The van der Waals surface area contributed by atoms with Gasteiger partial charge in [-0.3, -0.25) is 4.18 Å². The molecular weight excluding hydrogens is 416 g/mol. The monoisotopic (exact) mass is 444 g/mol. The zero-order valence-electron chi connectivity index (χ0n) is 16.6. The molecule has 10 heteroatoms. The van der Waals surface area contributed by atoms with Gasteiger partial charge < -0.3 is 4.18 Å². The van der Waals surface area contributed by atoms with E-state index in [4.69, 9.17) is 18.6 Å². The van der Waals surface area contributed by atoms with Gasteiger partial charge in [0.2, 0.25) is 0 Å². The third kappa shape index (κ3) is 3.93. The van der Waals surface area contributed by atoms with Crippen molar-refractivity contribution in [2.75, 3.05) is 0 Å². The summed E-state index contributed by atoms with van der Waals surface area (Å²) in [6.45, 7) is 3.96. The van der Waals surface area contributed by atoms with E-state index in [1.807, 2.05) is 13.0 Å². The smallest absolute Gasteiger partial charge is 0.371 e. The Bertz CT molecular complexity index is 1040. The molecule has 4 rings (SSSR count). The molecule has 29 heavy (non-hydrogen) atoms. The van der Waals surface area contributed by atoms with Gasteiger partial charge in [0, 0.05) is 0 Å². The molecule has 0 aliphatic heterocycles. The highest BCUT2D eigenvalue weighted by Crippen LogP contribution is 2.61. The molecule has 0 amide bonds. The molecule has 162 valence electrons. The number of hydrogen-bond acceptors (Lipinski definition) is 6. The minimum atomic E-state index is -4.06. The van der Waals surface area contributed by atoms with Crippen LogP contribution in [0.25, 0.3) is 0 Å². The van der Waals surface area contributed by atoms with Crippen LogP contribution in [-0.4, -0.2) is 22.9 Å². The third-order valence-electron chi connectivity index (χ3n) is 7.39. The van der Waals surface area contributed by atoms with E-state index in [1.54, 1.807) is 6.07 Å². The van der Waals surface area contributed by atoms with E-state index in [0.717, 1.165) is 43.2 Å². The summed E-state index contributed by atoms with van der Waals surface area (Å²) in [6.07, 6.45) is 4.86. The number of nitrogens with two attached hydrogens (primary N) is 2. The van der Waals surface area contributed by atoms with Gasteiger partial charge in [-0.05, 0) is 91.4 Å². The molecule has 1 aromatic rings. The Morgan fingerprint density at radius 1 is 1.03 bits per heavy atom. The molecule has 2 fully saturated rings. The molecular formula is C19H28N2O6S2. The maximum absolute atomic E-state index is 11.5. The Kier molecular flexibility index (Phi) is 5.02. The summed E-state index contributed by atoms with van der Waals surface area (Å²) in [5.41, 5.74) is 2.90. The van der Waals surface area contributed by atoms with Gasteiger partial charge in [0.1, 0.15) is 5.75 Å². The van der Waals surface area contributed by atoms with Gasteiger partial charge in [-0.1, -0.05) is 13.0 Å². The van der Waals surface area contributed by atoms with Crippen LogP contribution in [0.2, 0.25) is 0 Å². The number of aryl methyl sites for hydroxylation is 2. The standard InChI is InChI=1S/C19H28N2O6S2/c1-11-9-15-12(10-17(11)26-28(20,22)23)3-4-14-13(15)7-8-19(2)16(14)5-6-18(19)27-29(21,24)25/h9-10,13-14,16,18H,3-8H2,1-2H3,(H2,20,22,23)(H2,21,24,25)/t13-,14+,16-,18?,19-/m0/s1. The molecule has 0 radical (unpaired) electrons. The van der Waals surface area contributed by atoms with Crippen LogP contribution in [0.15, 0.2) is 12.1 Å². The maximum atomic E-state index is 11.5. The summed E-state index contributed by atoms with van der Waals surface area (Å²) in [5.74, 6) is 1.47. The van der Waals surface area contributed by atoms with Crippen molar-refractivity contribution in [3.63, 3.8) is 0 Å². The van der Waals surface area contributed by atoms with E-state index in [1.165, 1.54) is 5.56 Å². The number of benzene rings is 1. The van der Waals surface area contributed by atoms with Crippen molar-refractivity contribution in [1.29, 1.82) is 0 Å². The lowest BCUT2D eigenvalue weighted by molar-refractivity contribution is -0.00802. The van der Waals surface area contributed by atoms with Crippen molar-refractivity contribution in [2.24, 2.45) is 27.5 Å². The molecule has 4 N–H and O–H groups in total. The fourth-order valence-corrected chi connectivity index (χ4v) is 7.27. The Balaban J connectivity index is 1.63. The maximum Gasteiger partial charge on any atom is 0.380 e. The van der Waals surface area contributed by atoms with Crippen LogP contribution in [0.1, 0.15) is 61.6 Å². The molecule has 3 aliphatic rings. The van der Waals surface area contributed by atoms with Gasteiger partial charge in [-0.15, -0.1) is 0 Å². The van der Waals surface area contributed by atoms with Crippen molar-refractivity contribution in [3.8, 4) is 5.75 Å². The number of rotatable bonds is 4. The van der Waals surface area contributed by atoms with Crippen LogP contribution in [0.3, 0.4) is 0 Å². The average molecular weight is 445 g/mol. The molecule has 0 aromatic heterocycles. The summed E-state index contributed by atoms with van der Waals surface area (Å²) in [7, 11) is -8.04. The highest BCUT2D eigenvalue weighted by Gasteiger charge is 2.56. The number of hydrogen-bond donors (Lipinski definition) is 2. The van der Waals surface area contributed by atoms with E-state index in [0.29, 0.717) is 24.2 Å². The first-order valence-electron chi connectivity index (χ1n) is 9.94. The first kappa shape index (κ1) is 21.0. The average Bonchev–Trinajstić information content (AvgIpc) is 2.89. The van der Waals surface area contributed by atoms with Crippen LogP contribution in [0.5, 0.6) is 5.75 Å². The molecule has 0 bridgehead atoms. The molecule has 1 unspecified atom stereocenters. The van der Waals surface area contributed by atoms with E-state index in [9.17, 15) is 16.8 Å². The van der Waals surface area contributed by atoms with Gasteiger partial charge >= 0.3 is 20.6 Å². The fraction of sp³-hybridized carbons (Fsp3) is 0.684. The van der Waals surface area contributed by atoms with E-state index in [-0.39, 0.29) is 17.3 Å². The van der Waals surface area contributed by atoms with Crippen molar-refractivity contribution in [2.45, 2.75) is 64.4 Å². The Morgan fingerprint density at radius 3 is 2.41 bits per heavy atom. The van der Waals surface area contributed by atoms with Crippen molar-refractivity contribution < 1.29 is 25.2 Å². The lowest BCUT2D eigenvalue weighted by Gasteiger charge is -2.50. The third-order valence-corrected chi connectivity index (χ3v) is 8.30. The van der Waals surface area contributed by atoms with Crippen LogP contribution in [-0.2, 0) is 31.2 Å². The minimum absolute atomic E-state index is 0.198. The molecule has 8 nitrogen and oxygen atoms in total.